The van der Waals surface area contributed by atoms with Crippen molar-refractivity contribution in [2.75, 3.05) is 14.2 Å². The Bertz CT molecular complexity index is 689. The van der Waals surface area contributed by atoms with Crippen LogP contribution in [0.1, 0.15) is 16.8 Å². The molecule has 2 rings (SSSR count). The predicted molar refractivity (Wildman–Crippen MR) is 63.3 cm³/mol. The zero-order chi connectivity index (χ0) is 14.0. The third-order valence-electron chi connectivity index (χ3n) is 2.73. The number of Topliss-reactive ketones (excluding diaryl/α,β-unsaturated/α-hetero) is 1. The van der Waals surface area contributed by atoms with Gasteiger partial charge in [0.25, 0.3) is 0 Å². The first-order valence-corrected chi connectivity index (χ1v) is 5.41. The van der Waals surface area contributed by atoms with E-state index in [0.29, 0.717) is 22.7 Å². The number of aliphatic imine (C=N–C) groups is 1. The number of carboxylic acids is 1. The number of H-pyrrole nitrogens is 1. The van der Waals surface area contributed by atoms with Crippen molar-refractivity contribution in [1.29, 1.82) is 0 Å². The molecule has 1 aromatic heterocycles. The Morgan fingerprint density at radius 2 is 2.05 bits per heavy atom. The topological polar surface area (TPSA) is 104 Å². The fraction of sp³-hybridized carbons (Fsp3) is 0.250. The summed E-state index contributed by atoms with van der Waals surface area (Å²) >= 11 is 0. The number of hydrogen-bond donors (Lipinski definition) is 1. The van der Waals surface area contributed by atoms with Crippen molar-refractivity contribution in [2.24, 2.45) is 4.99 Å². The second kappa shape index (κ2) is 7.18. The number of nitrogens with zero attached hydrogens (tertiary/aromatic N) is 1. The van der Waals surface area contributed by atoms with Crippen molar-refractivity contribution in [3.63, 3.8) is 0 Å². The Kier molecular flexibility index (Phi) is 6.15. The Hall–Kier alpha value is -0.934. The number of hydrogen-bond acceptors (Lipinski definition) is 6. The van der Waals surface area contributed by atoms with Crippen LogP contribution in [0.15, 0.2) is 11.2 Å². The van der Waals surface area contributed by atoms with Crippen molar-refractivity contribution >= 4 is 29.6 Å². The molecule has 100 valence electrons. The predicted octanol–water partition coefficient (Wildman–Crippen LogP) is -5.11. The number of nitrogens with one attached hydrogen (secondary N) is 1. The third-order valence-corrected chi connectivity index (χ3v) is 2.73. The minimum absolute atomic E-state index is 0. The van der Waals surface area contributed by atoms with Crippen LogP contribution in [0.25, 0.3) is 11.6 Å². The SMILES string of the molecule is COC1=c2[nH]cc(C(=O)C(=O)[O-])c2=C(OC)CC=N1.[K+]. The van der Waals surface area contributed by atoms with E-state index in [1.165, 1.54) is 20.4 Å². The number of methoxy groups -OCH3 is 2. The van der Waals surface area contributed by atoms with Crippen LogP contribution in [0, 0.1) is 0 Å². The molecule has 7 nitrogen and oxygen atoms in total. The summed E-state index contributed by atoms with van der Waals surface area (Å²) in [6.45, 7) is 0. The van der Waals surface area contributed by atoms with E-state index in [1.807, 2.05) is 0 Å². The number of fused-ring (bicyclic) bond motifs is 1. The molecule has 20 heavy (non-hydrogen) atoms. The van der Waals surface area contributed by atoms with E-state index >= 15 is 0 Å². The molecule has 1 aliphatic rings. The molecule has 0 atom stereocenters. The summed E-state index contributed by atoms with van der Waals surface area (Å²) in [5, 5.41) is 11.5. The molecule has 0 bridgehead atoms. The molecule has 0 spiro atoms. The van der Waals surface area contributed by atoms with Gasteiger partial charge in [-0.1, -0.05) is 0 Å². The van der Waals surface area contributed by atoms with E-state index in [2.05, 4.69) is 9.98 Å². The molecular formula is C12H11KN2O5. The van der Waals surface area contributed by atoms with Crippen LogP contribution < -0.4 is 67.1 Å². The molecule has 1 aromatic rings. The molecule has 0 aliphatic carbocycles. The average molecular weight is 302 g/mol. The molecule has 0 aromatic carbocycles. The number of ketones is 1. The van der Waals surface area contributed by atoms with E-state index in [-0.39, 0.29) is 62.8 Å². The average Bonchev–Trinajstić information content (AvgIpc) is 2.74. The Labute approximate surface area is 156 Å². The Morgan fingerprint density at radius 1 is 1.35 bits per heavy atom. The van der Waals surface area contributed by atoms with Gasteiger partial charge in [0.05, 0.1) is 25.0 Å². The van der Waals surface area contributed by atoms with E-state index in [0.717, 1.165) is 0 Å². The van der Waals surface area contributed by atoms with E-state index < -0.39 is 11.8 Å². The van der Waals surface area contributed by atoms with E-state index in [4.69, 9.17) is 9.47 Å². The zero-order valence-corrected chi connectivity index (χ0v) is 14.5. The van der Waals surface area contributed by atoms with Crippen LogP contribution in [-0.2, 0) is 14.3 Å². The summed E-state index contributed by atoms with van der Waals surface area (Å²) in [6.07, 6.45) is 3.15. The number of carbonyl (C=O) groups is 2. The van der Waals surface area contributed by atoms with Crippen LogP contribution >= 0.6 is 0 Å². The molecule has 0 unspecified atom stereocenters. The summed E-state index contributed by atoms with van der Waals surface area (Å²) in [7, 11) is 2.86. The first kappa shape index (κ1) is 17.1. The number of aliphatic carboxylic acids is 1. The normalized spacial score (nSPS) is 13.1. The fourth-order valence-electron chi connectivity index (χ4n) is 1.89. The number of rotatable bonds is 4. The summed E-state index contributed by atoms with van der Waals surface area (Å²) in [5.74, 6) is -2.22. The maximum atomic E-state index is 11.6. The molecule has 0 saturated carbocycles. The molecule has 0 fully saturated rings. The van der Waals surface area contributed by atoms with Gasteiger partial charge in [-0.2, -0.15) is 0 Å². The molecule has 1 N–H and O–H groups in total. The number of carbonyl (C=O) groups excluding carboxylic acids is 2. The molecule has 8 heteroatoms. The second-order valence-electron chi connectivity index (χ2n) is 3.72. The van der Waals surface area contributed by atoms with Gasteiger partial charge in [0.15, 0.2) is 0 Å². The van der Waals surface area contributed by atoms with Gasteiger partial charge in [0, 0.05) is 18.8 Å². The maximum Gasteiger partial charge on any atom is 1.00 e. The van der Waals surface area contributed by atoms with E-state index in [1.54, 1.807) is 6.21 Å². The fourth-order valence-corrected chi connectivity index (χ4v) is 1.89. The minimum atomic E-state index is -1.78. The Morgan fingerprint density at radius 3 is 2.60 bits per heavy atom. The molecule has 1 aliphatic heterocycles. The van der Waals surface area contributed by atoms with Gasteiger partial charge in [-0.25, -0.2) is 4.99 Å². The van der Waals surface area contributed by atoms with Crippen LogP contribution in [0.2, 0.25) is 0 Å². The molecular weight excluding hydrogens is 291 g/mol. The monoisotopic (exact) mass is 302 g/mol. The standard InChI is InChI=1S/C12H12N2O5.K/c1-18-7-3-4-13-11(19-2)9-8(7)6(5-14-9)10(15)12(16)17;/h4-5,14H,3H2,1-2H3,(H,16,17);/q;+1/p-1. The van der Waals surface area contributed by atoms with Crippen LogP contribution in [0.4, 0.5) is 0 Å². The molecule has 0 amide bonds. The number of carboxylic acid groups (broad SMARTS) is 1. The third kappa shape index (κ3) is 3.04. The van der Waals surface area contributed by atoms with Crippen molar-refractivity contribution in [3.05, 3.63) is 22.3 Å². The molecule has 0 saturated heterocycles. The van der Waals surface area contributed by atoms with Crippen molar-refractivity contribution in [2.45, 2.75) is 6.42 Å². The summed E-state index contributed by atoms with van der Waals surface area (Å²) in [6, 6.07) is 0. The second-order valence-corrected chi connectivity index (χ2v) is 3.72. The van der Waals surface area contributed by atoms with Crippen molar-refractivity contribution in [1.82, 2.24) is 4.98 Å². The van der Waals surface area contributed by atoms with Gasteiger partial charge in [0.2, 0.25) is 11.7 Å². The first-order chi connectivity index (χ1) is 9.10. The van der Waals surface area contributed by atoms with Crippen molar-refractivity contribution in [3.8, 4) is 0 Å². The van der Waals surface area contributed by atoms with E-state index in [9.17, 15) is 14.7 Å². The summed E-state index contributed by atoms with van der Waals surface area (Å²) in [4.78, 5) is 29.2. The van der Waals surface area contributed by atoms with Crippen molar-refractivity contribution < 1.29 is 75.6 Å². The minimum Gasteiger partial charge on any atom is -0.541 e. The first-order valence-electron chi connectivity index (χ1n) is 5.41. The number of aromatic nitrogens is 1. The molecule has 0 radical (unpaired) electrons. The largest absolute Gasteiger partial charge is 1.00 e. The van der Waals surface area contributed by atoms with Crippen LogP contribution in [0.5, 0.6) is 0 Å². The van der Waals surface area contributed by atoms with Gasteiger partial charge >= 0.3 is 51.4 Å². The zero-order valence-electron chi connectivity index (χ0n) is 11.4. The van der Waals surface area contributed by atoms with Crippen LogP contribution in [-0.4, -0.2) is 37.2 Å². The number of ether oxygens (including phenoxy) is 2. The summed E-state index contributed by atoms with van der Waals surface area (Å²) < 4.78 is 10.3. The Balaban J connectivity index is 0.00000200. The number of aromatic amines is 1. The maximum absolute atomic E-state index is 11.6. The summed E-state index contributed by atoms with van der Waals surface area (Å²) in [5.41, 5.74) is -0.0353. The van der Waals surface area contributed by atoms with Crippen LogP contribution in [0.3, 0.4) is 0 Å². The van der Waals surface area contributed by atoms with Gasteiger partial charge in [-0.05, 0) is 0 Å². The molecule has 2 heterocycles. The van der Waals surface area contributed by atoms with Gasteiger partial charge < -0.3 is 24.4 Å². The van der Waals surface area contributed by atoms with Gasteiger partial charge in [0.1, 0.15) is 17.1 Å². The van der Waals surface area contributed by atoms with Gasteiger partial charge in [-0.3, -0.25) is 4.79 Å². The van der Waals surface area contributed by atoms with Gasteiger partial charge in [-0.15, -0.1) is 0 Å². The quantitative estimate of drug-likeness (QED) is 0.340. The smallest absolute Gasteiger partial charge is 0.541 e.